The highest BCUT2D eigenvalue weighted by molar-refractivity contribution is 14.1. The summed E-state index contributed by atoms with van der Waals surface area (Å²) in [5.41, 5.74) is 7.61. The number of halogens is 1. The standard InChI is InChI=1S/C9H6IN5/c10-7-6-8(11)12-4-13-15(6)9(14-7)5-2-1-3-5/h1-4H,(H2,11,12,13). The summed E-state index contributed by atoms with van der Waals surface area (Å²) in [5, 5.41) is 4.15. The minimum atomic E-state index is 0.456. The molecule has 2 heterocycles. The lowest BCUT2D eigenvalue weighted by Gasteiger charge is -2.04. The third-order valence-corrected chi connectivity index (χ3v) is 2.98. The smallest absolute Gasteiger partial charge is 0.162 e. The number of nitrogens with two attached hydrogens (primary N) is 1. The van der Waals surface area contributed by atoms with Gasteiger partial charge in [-0.2, -0.15) is 5.10 Å². The molecule has 15 heavy (non-hydrogen) atoms. The molecule has 0 aliphatic heterocycles. The zero-order chi connectivity index (χ0) is 10.4. The van der Waals surface area contributed by atoms with Crippen molar-refractivity contribution in [3.8, 4) is 0 Å². The topological polar surface area (TPSA) is 69.1 Å². The van der Waals surface area contributed by atoms with Crippen LogP contribution < -0.4 is 5.73 Å². The van der Waals surface area contributed by atoms with Crippen LogP contribution in [-0.2, 0) is 0 Å². The fraction of sp³-hybridized carbons (Fsp3) is 0. The van der Waals surface area contributed by atoms with Gasteiger partial charge >= 0.3 is 0 Å². The molecule has 1 aliphatic rings. The maximum absolute atomic E-state index is 5.78. The number of imidazole rings is 1. The van der Waals surface area contributed by atoms with Gasteiger partial charge in [-0.05, 0) is 22.6 Å². The third-order valence-electron chi connectivity index (χ3n) is 2.23. The highest BCUT2D eigenvalue weighted by Gasteiger charge is 2.16. The highest BCUT2D eigenvalue weighted by atomic mass is 127. The quantitative estimate of drug-likeness (QED) is 0.805. The predicted molar refractivity (Wildman–Crippen MR) is 65.0 cm³/mol. The fourth-order valence-electron chi connectivity index (χ4n) is 1.44. The van der Waals surface area contributed by atoms with Crippen LogP contribution in [0.2, 0.25) is 0 Å². The van der Waals surface area contributed by atoms with Crippen LogP contribution in [0.3, 0.4) is 0 Å². The molecular weight excluding hydrogens is 305 g/mol. The fourth-order valence-corrected chi connectivity index (χ4v) is 2.18. The van der Waals surface area contributed by atoms with Gasteiger partial charge in [0.05, 0.1) is 0 Å². The van der Waals surface area contributed by atoms with Gasteiger partial charge in [0.25, 0.3) is 0 Å². The van der Waals surface area contributed by atoms with E-state index in [-0.39, 0.29) is 0 Å². The summed E-state index contributed by atoms with van der Waals surface area (Å²) in [7, 11) is 0. The van der Waals surface area contributed by atoms with E-state index in [0.29, 0.717) is 5.82 Å². The molecule has 2 aromatic rings. The van der Waals surface area contributed by atoms with Gasteiger partial charge in [-0.3, -0.25) is 0 Å². The maximum atomic E-state index is 5.78. The predicted octanol–water partition coefficient (Wildman–Crippen LogP) is 1.26. The first-order chi connectivity index (χ1) is 7.27. The number of allylic oxidation sites excluding steroid dienone is 4. The van der Waals surface area contributed by atoms with Crippen LogP contribution in [0.15, 0.2) is 24.6 Å². The second kappa shape index (κ2) is 3.02. The van der Waals surface area contributed by atoms with Crippen LogP contribution in [0.4, 0.5) is 5.82 Å². The lowest BCUT2D eigenvalue weighted by Crippen LogP contribution is -2.02. The molecule has 1 aliphatic carbocycles. The molecule has 0 spiro atoms. The van der Waals surface area contributed by atoms with Crippen LogP contribution in [0, 0.1) is 3.70 Å². The van der Waals surface area contributed by atoms with Gasteiger partial charge in [0.2, 0.25) is 0 Å². The summed E-state index contributed by atoms with van der Waals surface area (Å²) >= 11 is 2.14. The van der Waals surface area contributed by atoms with Crippen molar-refractivity contribution >= 4 is 39.5 Å². The van der Waals surface area contributed by atoms with Crippen molar-refractivity contribution in [2.24, 2.45) is 0 Å². The number of nitrogen functional groups attached to an aromatic ring is 1. The van der Waals surface area contributed by atoms with Crippen LogP contribution >= 0.6 is 22.6 Å². The van der Waals surface area contributed by atoms with E-state index < -0.39 is 0 Å². The second-order valence-corrected chi connectivity index (χ2v) is 4.13. The maximum Gasteiger partial charge on any atom is 0.162 e. The zero-order valence-electron chi connectivity index (χ0n) is 7.55. The van der Waals surface area contributed by atoms with Crippen molar-refractivity contribution in [1.29, 1.82) is 0 Å². The molecule has 2 N–H and O–H groups in total. The van der Waals surface area contributed by atoms with Gasteiger partial charge in [0.1, 0.15) is 15.5 Å². The Labute approximate surface area is 98.9 Å². The van der Waals surface area contributed by atoms with Gasteiger partial charge in [0, 0.05) is 5.57 Å². The Hall–Kier alpha value is -1.44. The first kappa shape index (κ1) is 8.84. The van der Waals surface area contributed by atoms with Crippen LogP contribution in [0.1, 0.15) is 5.82 Å². The molecular formula is C9H6IN5. The molecule has 0 saturated heterocycles. The highest BCUT2D eigenvalue weighted by Crippen LogP contribution is 2.25. The molecule has 0 saturated carbocycles. The Bertz CT molecular complexity index is 610. The number of hydrogen-bond acceptors (Lipinski definition) is 4. The van der Waals surface area contributed by atoms with Crippen molar-refractivity contribution in [1.82, 2.24) is 19.6 Å². The molecule has 0 bridgehead atoms. The Balaban J connectivity index is 2.37. The molecule has 0 atom stereocenters. The minimum absolute atomic E-state index is 0.456. The summed E-state index contributed by atoms with van der Waals surface area (Å²) in [6.45, 7) is 0. The van der Waals surface area contributed by atoms with E-state index in [0.717, 1.165) is 20.6 Å². The summed E-state index contributed by atoms with van der Waals surface area (Å²) in [6.07, 6.45) is 7.38. The number of anilines is 1. The normalized spacial score (nSPS) is 14.1. The Morgan fingerprint density at radius 3 is 2.87 bits per heavy atom. The summed E-state index contributed by atoms with van der Waals surface area (Å²) in [5.74, 6) is 1.27. The number of hydrogen-bond donors (Lipinski definition) is 1. The van der Waals surface area contributed by atoms with Gasteiger partial charge in [-0.25, -0.2) is 14.5 Å². The molecule has 0 aromatic carbocycles. The van der Waals surface area contributed by atoms with Crippen LogP contribution in [-0.4, -0.2) is 19.6 Å². The molecule has 0 unspecified atom stereocenters. The second-order valence-electron chi connectivity index (χ2n) is 3.11. The molecule has 74 valence electrons. The number of nitrogens with zero attached hydrogens (tertiary/aromatic N) is 4. The van der Waals surface area contributed by atoms with E-state index in [2.05, 4.69) is 37.7 Å². The third kappa shape index (κ3) is 1.17. The van der Waals surface area contributed by atoms with Crippen LogP contribution in [0.25, 0.3) is 11.1 Å². The number of rotatable bonds is 1. The average molecular weight is 311 g/mol. The van der Waals surface area contributed by atoms with Crippen molar-refractivity contribution < 1.29 is 0 Å². The van der Waals surface area contributed by atoms with Crippen molar-refractivity contribution in [3.05, 3.63) is 34.1 Å². The zero-order valence-corrected chi connectivity index (χ0v) is 9.71. The van der Waals surface area contributed by atoms with Gasteiger partial charge in [-0.1, -0.05) is 18.2 Å². The molecule has 0 fully saturated rings. The number of fused-ring (bicyclic) bond motifs is 1. The van der Waals surface area contributed by atoms with Gasteiger partial charge in [0.15, 0.2) is 11.6 Å². The van der Waals surface area contributed by atoms with Gasteiger partial charge < -0.3 is 5.73 Å². The van der Waals surface area contributed by atoms with Crippen molar-refractivity contribution in [2.75, 3.05) is 5.73 Å². The Morgan fingerprint density at radius 1 is 1.40 bits per heavy atom. The summed E-state index contributed by atoms with van der Waals surface area (Å²) in [4.78, 5) is 8.37. The lowest BCUT2D eigenvalue weighted by molar-refractivity contribution is 0.880. The molecule has 6 heteroatoms. The molecule has 0 amide bonds. The first-order valence-corrected chi connectivity index (χ1v) is 5.38. The van der Waals surface area contributed by atoms with E-state index in [4.69, 9.17) is 5.73 Å². The molecule has 2 aromatic heterocycles. The lowest BCUT2D eigenvalue weighted by atomic mass is 10.1. The Morgan fingerprint density at radius 2 is 2.20 bits per heavy atom. The monoisotopic (exact) mass is 311 g/mol. The van der Waals surface area contributed by atoms with Crippen LogP contribution in [0.5, 0.6) is 0 Å². The van der Waals surface area contributed by atoms with E-state index in [9.17, 15) is 0 Å². The molecule has 0 radical (unpaired) electrons. The van der Waals surface area contributed by atoms with Gasteiger partial charge in [-0.15, -0.1) is 0 Å². The van der Waals surface area contributed by atoms with E-state index in [1.165, 1.54) is 6.33 Å². The SMILES string of the molecule is Nc1ncnn2c(C3=CC=C3)nc(I)c12. The van der Waals surface area contributed by atoms with E-state index in [1.54, 1.807) is 4.52 Å². The average Bonchev–Trinajstić information content (AvgIpc) is 2.43. The van der Waals surface area contributed by atoms with E-state index in [1.807, 2.05) is 18.2 Å². The molecule has 5 nitrogen and oxygen atoms in total. The number of aromatic nitrogens is 4. The largest absolute Gasteiger partial charge is 0.382 e. The summed E-state index contributed by atoms with van der Waals surface area (Å²) in [6, 6.07) is 0. The van der Waals surface area contributed by atoms with E-state index >= 15 is 0 Å². The summed E-state index contributed by atoms with van der Waals surface area (Å²) < 4.78 is 2.54. The Kier molecular flexibility index (Phi) is 1.78. The van der Waals surface area contributed by atoms with Crippen molar-refractivity contribution in [2.45, 2.75) is 0 Å². The first-order valence-electron chi connectivity index (χ1n) is 4.31. The van der Waals surface area contributed by atoms with Crippen molar-refractivity contribution in [3.63, 3.8) is 0 Å². The minimum Gasteiger partial charge on any atom is -0.382 e. The molecule has 3 rings (SSSR count).